The van der Waals surface area contributed by atoms with Gasteiger partial charge in [0.25, 0.3) is 5.91 Å². The van der Waals surface area contributed by atoms with Gasteiger partial charge in [0.05, 0.1) is 22.2 Å². The van der Waals surface area contributed by atoms with Crippen LogP contribution in [0.5, 0.6) is 0 Å². The molecule has 9 heteroatoms. The van der Waals surface area contributed by atoms with Gasteiger partial charge in [0.2, 0.25) is 10.0 Å². The molecular formula is C13H16Cl2N2O4S. The van der Waals surface area contributed by atoms with Gasteiger partial charge in [-0.1, -0.05) is 23.2 Å². The minimum Gasteiger partial charge on any atom is -0.383 e. The molecule has 0 aliphatic heterocycles. The summed E-state index contributed by atoms with van der Waals surface area (Å²) in [6.07, 6.45) is 1.60. The maximum atomic E-state index is 12.3. The summed E-state index contributed by atoms with van der Waals surface area (Å²) in [5.41, 5.74) is 0.0540. The molecule has 0 atom stereocenters. The van der Waals surface area contributed by atoms with Gasteiger partial charge in [-0.05, 0) is 25.0 Å². The fourth-order valence-corrected chi connectivity index (χ4v) is 3.92. The van der Waals surface area contributed by atoms with Gasteiger partial charge in [0.15, 0.2) is 0 Å². The first-order chi connectivity index (χ1) is 10.3. The number of hydrogen-bond acceptors (Lipinski definition) is 4. The number of hydrogen-bond donors (Lipinski definition) is 2. The molecule has 0 heterocycles. The first-order valence-electron chi connectivity index (χ1n) is 6.63. The van der Waals surface area contributed by atoms with Crippen LogP contribution in [0.4, 0.5) is 0 Å². The van der Waals surface area contributed by atoms with Crippen molar-refractivity contribution in [2.75, 3.05) is 20.3 Å². The van der Waals surface area contributed by atoms with Crippen molar-refractivity contribution in [1.82, 2.24) is 10.0 Å². The normalized spacial score (nSPS) is 14.9. The van der Waals surface area contributed by atoms with Gasteiger partial charge in [0, 0.05) is 19.7 Å². The van der Waals surface area contributed by atoms with Gasteiger partial charge in [-0.2, -0.15) is 0 Å². The second-order valence-electron chi connectivity index (χ2n) is 4.91. The molecule has 1 aliphatic rings. The van der Waals surface area contributed by atoms with E-state index in [4.69, 9.17) is 27.9 Å². The predicted molar refractivity (Wildman–Crippen MR) is 84.0 cm³/mol. The number of ether oxygens (including phenoxy) is 1. The van der Waals surface area contributed by atoms with E-state index in [0.717, 1.165) is 12.8 Å². The molecule has 6 nitrogen and oxygen atoms in total. The quantitative estimate of drug-likeness (QED) is 0.720. The zero-order chi connectivity index (χ0) is 16.3. The molecule has 0 aromatic heterocycles. The summed E-state index contributed by atoms with van der Waals surface area (Å²) in [6, 6.07) is 2.39. The maximum absolute atomic E-state index is 12.3. The number of carbonyl (C=O) groups excluding carboxylic acids is 1. The number of methoxy groups -OCH3 is 1. The number of amides is 1. The van der Waals surface area contributed by atoms with Gasteiger partial charge < -0.3 is 10.1 Å². The molecule has 2 rings (SSSR count). The predicted octanol–water partition coefficient (Wildman–Crippen LogP) is 1.81. The van der Waals surface area contributed by atoms with E-state index >= 15 is 0 Å². The summed E-state index contributed by atoms with van der Waals surface area (Å²) < 4.78 is 31.9. The number of benzene rings is 1. The van der Waals surface area contributed by atoms with Crippen molar-refractivity contribution < 1.29 is 17.9 Å². The molecule has 1 fully saturated rings. The molecule has 1 saturated carbocycles. The zero-order valence-corrected chi connectivity index (χ0v) is 14.2. The van der Waals surface area contributed by atoms with Crippen molar-refractivity contribution in [1.29, 1.82) is 0 Å². The second kappa shape index (κ2) is 7.14. The Balaban J connectivity index is 2.28. The molecule has 2 N–H and O–H groups in total. The van der Waals surface area contributed by atoms with Gasteiger partial charge in [-0.25, -0.2) is 13.1 Å². The van der Waals surface area contributed by atoms with E-state index in [-0.39, 0.29) is 33.1 Å². The van der Waals surface area contributed by atoms with Crippen LogP contribution in [-0.4, -0.2) is 40.6 Å². The van der Waals surface area contributed by atoms with Crippen LogP contribution >= 0.6 is 23.2 Å². The SMILES string of the molecule is COCCNC(=O)c1cc(S(=O)(=O)NC2CC2)c(Cl)cc1Cl. The highest BCUT2D eigenvalue weighted by atomic mass is 35.5. The van der Waals surface area contributed by atoms with Crippen LogP contribution in [0, 0.1) is 0 Å². The van der Waals surface area contributed by atoms with Crippen molar-refractivity contribution in [2.45, 2.75) is 23.8 Å². The average Bonchev–Trinajstić information content (AvgIpc) is 3.21. The maximum Gasteiger partial charge on any atom is 0.252 e. The first kappa shape index (κ1) is 17.5. The third kappa shape index (κ3) is 4.33. The number of halogens is 2. The molecule has 0 radical (unpaired) electrons. The monoisotopic (exact) mass is 366 g/mol. The van der Waals surface area contributed by atoms with Crippen molar-refractivity contribution in [2.24, 2.45) is 0 Å². The topological polar surface area (TPSA) is 84.5 Å². The summed E-state index contributed by atoms with van der Waals surface area (Å²) in [5, 5.41) is 2.65. The Bertz CT molecular complexity index is 675. The van der Waals surface area contributed by atoms with Crippen LogP contribution in [0.3, 0.4) is 0 Å². The minimum atomic E-state index is -3.77. The van der Waals surface area contributed by atoms with Crippen LogP contribution < -0.4 is 10.0 Å². The van der Waals surface area contributed by atoms with Gasteiger partial charge in [-0.3, -0.25) is 4.79 Å². The lowest BCUT2D eigenvalue weighted by atomic mass is 10.2. The Morgan fingerprint density at radius 1 is 1.32 bits per heavy atom. The Hall–Kier alpha value is -0.860. The highest BCUT2D eigenvalue weighted by Gasteiger charge is 2.30. The Morgan fingerprint density at radius 3 is 2.59 bits per heavy atom. The smallest absolute Gasteiger partial charge is 0.252 e. The number of rotatable bonds is 7. The van der Waals surface area contributed by atoms with E-state index in [1.807, 2.05) is 0 Å². The number of sulfonamides is 1. The molecular weight excluding hydrogens is 351 g/mol. The van der Waals surface area contributed by atoms with E-state index in [2.05, 4.69) is 10.0 Å². The summed E-state index contributed by atoms with van der Waals surface area (Å²) in [7, 11) is -2.26. The summed E-state index contributed by atoms with van der Waals surface area (Å²) in [6.45, 7) is 0.627. The highest BCUT2D eigenvalue weighted by molar-refractivity contribution is 7.89. The zero-order valence-electron chi connectivity index (χ0n) is 11.9. The van der Waals surface area contributed by atoms with Crippen molar-refractivity contribution in [3.63, 3.8) is 0 Å². The average molecular weight is 367 g/mol. The molecule has 1 amide bonds. The molecule has 122 valence electrons. The van der Waals surface area contributed by atoms with Crippen LogP contribution in [0.1, 0.15) is 23.2 Å². The number of carbonyl (C=O) groups is 1. The molecule has 0 unspecified atom stereocenters. The Kier molecular flexibility index (Phi) is 5.68. The van der Waals surface area contributed by atoms with Crippen molar-refractivity contribution >= 4 is 39.1 Å². The van der Waals surface area contributed by atoms with E-state index in [1.165, 1.54) is 19.2 Å². The van der Waals surface area contributed by atoms with Crippen LogP contribution in [-0.2, 0) is 14.8 Å². The molecule has 0 bridgehead atoms. The first-order valence-corrected chi connectivity index (χ1v) is 8.87. The lowest BCUT2D eigenvalue weighted by Gasteiger charge is -2.11. The standard InChI is InChI=1S/C13H16Cl2N2O4S/c1-21-5-4-16-13(18)9-6-12(11(15)7-10(9)14)22(19,20)17-8-2-3-8/h6-8,17H,2-5H2,1H3,(H,16,18). The van der Waals surface area contributed by atoms with Gasteiger partial charge in [-0.15, -0.1) is 0 Å². The Morgan fingerprint density at radius 2 is 2.00 bits per heavy atom. The molecule has 0 spiro atoms. The summed E-state index contributed by atoms with van der Waals surface area (Å²) >= 11 is 12.0. The Labute approximate surface area is 139 Å². The third-order valence-corrected chi connectivity index (χ3v) is 5.34. The number of nitrogens with one attached hydrogen (secondary N) is 2. The fourth-order valence-electron chi connectivity index (χ4n) is 1.75. The van der Waals surface area contributed by atoms with Gasteiger partial charge >= 0.3 is 0 Å². The van der Waals surface area contributed by atoms with Crippen LogP contribution in [0.25, 0.3) is 0 Å². The molecule has 1 aromatic rings. The van der Waals surface area contributed by atoms with Crippen LogP contribution in [0.2, 0.25) is 10.0 Å². The molecule has 0 saturated heterocycles. The lowest BCUT2D eigenvalue weighted by Crippen LogP contribution is -2.29. The summed E-state index contributed by atoms with van der Waals surface area (Å²) in [5.74, 6) is -0.485. The minimum absolute atomic E-state index is 0.0217. The lowest BCUT2D eigenvalue weighted by molar-refractivity contribution is 0.0937. The third-order valence-electron chi connectivity index (χ3n) is 3.05. The van der Waals surface area contributed by atoms with E-state index < -0.39 is 15.9 Å². The van der Waals surface area contributed by atoms with Gasteiger partial charge in [0.1, 0.15) is 4.90 Å². The van der Waals surface area contributed by atoms with Crippen molar-refractivity contribution in [3.8, 4) is 0 Å². The van der Waals surface area contributed by atoms with Crippen LogP contribution in [0.15, 0.2) is 17.0 Å². The van der Waals surface area contributed by atoms with Crippen molar-refractivity contribution in [3.05, 3.63) is 27.7 Å². The fraction of sp³-hybridized carbons (Fsp3) is 0.462. The summed E-state index contributed by atoms with van der Waals surface area (Å²) in [4.78, 5) is 11.9. The molecule has 22 heavy (non-hydrogen) atoms. The second-order valence-corrected chi connectivity index (χ2v) is 7.40. The molecule has 1 aliphatic carbocycles. The van der Waals surface area contributed by atoms with E-state index in [9.17, 15) is 13.2 Å². The highest BCUT2D eigenvalue weighted by Crippen LogP contribution is 2.30. The van der Waals surface area contributed by atoms with E-state index in [0.29, 0.717) is 6.61 Å². The largest absolute Gasteiger partial charge is 0.383 e. The molecule has 1 aromatic carbocycles. The van der Waals surface area contributed by atoms with E-state index in [1.54, 1.807) is 0 Å².